The van der Waals surface area contributed by atoms with Crippen molar-refractivity contribution in [1.82, 2.24) is 9.91 Å². The number of amides is 2. The molecule has 0 N–H and O–H groups in total. The van der Waals surface area contributed by atoms with Crippen LogP contribution in [0.2, 0.25) is 5.02 Å². The molecule has 32 heavy (non-hydrogen) atoms. The fourth-order valence-electron chi connectivity index (χ4n) is 3.61. The van der Waals surface area contributed by atoms with Crippen LogP contribution in [0.4, 0.5) is 0 Å². The summed E-state index contributed by atoms with van der Waals surface area (Å²) in [7, 11) is 1.58. The van der Waals surface area contributed by atoms with Crippen LogP contribution in [0.1, 0.15) is 50.1 Å². The van der Waals surface area contributed by atoms with E-state index >= 15 is 0 Å². The zero-order chi connectivity index (χ0) is 23.3. The molecule has 2 heterocycles. The molecule has 1 atom stereocenters. The number of thiophene rings is 1. The van der Waals surface area contributed by atoms with Crippen molar-refractivity contribution < 1.29 is 14.3 Å². The van der Waals surface area contributed by atoms with Gasteiger partial charge in [0.1, 0.15) is 6.54 Å². The summed E-state index contributed by atoms with van der Waals surface area (Å²) >= 11 is 8.07. The molecule has 8 heteroatoms. The van der Waals surface area contributed by atoms with Crippen molar-refractivity contribution in [2.24, 2.45) is 10.5 Å². The SMILES string of the molecule is COCCN(CC(=O)N1N=C(c2cccs2)C[C@@H]1c1ccccc1Cl)C(=O)CC(C)(C)C. The summed E-state index contributed by atoms with van der Waals surface area (Å²) in [5.74, 6) is -0.307. The standard InChI is InChI=1S/C24H30ClN3O3S/c1-24(2,3)15-22(29)27(11-12-31-4)16-23(30)28-20(17-8-5-6-9-18(17)25)14-19(26-28)21-10-7-13-32-21/h5-10,13,20H,11-12,14-16H2,1-4H3/t20-/m1/s1. The molecular formula is C24H30ClN3O3S. The number of halogens is 1. The van der Waals surface area contributed by atoms with Gasteiger partial charge in [-0.25, -0.2) is 5.01 Å². The molecule has 0 radical (unpaired) electrons. The molecule has 1 aliphatic heterocycles. The van der Waals surface area contributed by atoms with E-state index in [-0.39, 0.29) is 29.8 Å². The van der Waals surface area contributed by atoms with E-state index in [4.69, 9.17) is 16.3 Å². The predicted octanol–water partition coefficient (Wildman–Crippen LogP) is 4.99. The Morgan fingerprint density at radius 3 is 2.62 bits per heavy atom. The van der Waals surface area contributed by atoms with Crippen molar-refractivity contribution in [3.05, 3.63) is 57.2 Å². The number of hydrazone groups is 1. The Hall–Kier alpha value is -2.22. The summed E-state index contributed by atoms with van der Waals surface area (Å²) in [5.41, 5.74) is 1.52. The maximum atomic E-state index is 13.4. The highest BCUT2D eigenvalue weighted by molar-refractivity contribution is 7.12. The number of carbonyl (C=O) groups excluding carboxylic acids is 2. The number of nitrogens with zero attached hydrogens (tertiary/aromatic N) is 3. The van der Waals surface area contributed by atoms with Crippen LogP contribution in [0, 0.1) is 5.41 Å². The van der Waals surface area contributed by atoms with Gasteiger partial charge in [-0.2, -0.15) is 5.10 Å². The molecule has 1 aromatic carbocycles. The predicted molar refractivity (Wildman–Crippen MR) is 129 cm³/mol. The van der Waals surface area contributed by atoms with Gasteiger partial charge in [0.05, 0.1) is 23.2 Å². The second-order valence-electron chi connectivity index (χ2n) is 9.05. The Morgan fingerprint density at radius 2 is 2.00 bits per heavy atom. The van der Waals surface area contributed by atoms with Gasteiger partial charge in [-0.3, -0.25) is 9.59 Å². The van der Waals surface area contributed by atoms with Crippen LogP contribution in [0.25, 0.3) is 0 Å². The molecule has 0 spiro atoms. The Kier molecular flexibility index (Phi) is 8.09. The van der Waals surface area contributed by atoms with E-state index in [2.05, 4.69) is 5.10 Å². The highest BCUT2D eigenvalue weighted by Gasteiger charge is 2.35. The molecule has 2 amide bonds. The van der Waals surface area contributed by atoms with Crippen LogP contribution in [0.3, 0.4) is 0 Å². The summed E-state index contributed by atoms with van der Waals surface area (Å²) in [4.78, 5) is 29.0. The molecule has 0 bridgehead atoms. The summed E-state index contributed by atoms with van der Waals surface area (Å²) in [6.07, 6.45) is 0.922. The second kappa shape index (κ2) is 10.6. The van der Waals surface area contributed by atoms with Gasteiger partial charge in [-0.05, 0) is 28.5 Å². The van der Waals surface area contributed by atoms with E-state index in [9.17, 15) is 9.59 Å². The molecule has 0 saturated carbocycles. The first-order valence-corrected chi connectivity index (χ1v) is 11.9. The van der Waals surface area contributed by atoms with Gasteiger partial charge in [0.25, 0.3) is 5.91 Å². The van der Waals surface area contributed by atoms with Crippen LogP contribution >= 0.6 is 22.9 Å². The molecule has 1 aliphatic rings. The molecule has 0 saturated heterocycles. The van der Waals surface area contributed by atoms with E-state index in [1.54, 1.807) is 23.3 Å². The number of hydrogen-bond acceptors (Lipinski definition) is 5. The molecule has 6 nitrogen and oxygen atoms in total. The summed E-state index contributed by atoms with van der Waals surface area (Å²) in [5, 5.41) is 8.77. The second-order valence-corrected chi connectivity index (χ2v) is 10.4. The minimum Gasteiger partial charge on any atom is -0.383 e. The molecule has 0 aliphatic carbocycles. The van der Waals surface area contributed by atoms with Gasteiger partial charge in [-0.1, -0.05) is 56.6 Å². The first kappa shape index (κ1) is 24.4. The zero-order valence-electron chi connectivity index (χ0n) is 19.0. The number of carbonyl (C=O) groups is 2. The average Bonchev–Trinajstić information content (AvgIpc) is 3.39. The van der Waals surface area contributed by atoms with Crippen molar-refractivity contribution in [3.8, 4) is 0 Å². The Bertz CT molecular complexity index is 969. The molecule has 0 fully saturated rings. The number of benzene rings is 1. The number of methoxy groups -OCH3 is 1. The minimum absolute atomic E-state index is 0.0551. The van der Waals surface area contributed by atoms with Gasteiger partial charge in [0, 0.05) is 31.5 Å². The Balaban J connectivity index is 1.86. The van der Waals surface area contributed by atoms with Crippen molar-refractivity contribution >= 4 is 40.5 Å². The van der Waals surface area contributed by atoms with Crippen LogP contribution in [0.15, 0.2) is 46.9 Å². The molecule has 2 aromatic rings. The monoisotopic (exact) mass is 475 g/mol. The van der Waals surface area contributed by atoms with Gasteiger partial charge in [0.2, 0.25) is 5.91 Å². The van der Waals surface area contributed by atoms with Crippen LogP contribution in [-0.2, 0) is 14.3 Å². The Labute approximate surface area is 198 Å². The van der Waals surface area contributed by atoms with Crippen molar-refractivity contribution in [3.63, 3.8) is 0 Å². The van der Waals surface area contributed by atoms with E-state index in [1.807, 2.05) is 62.5 Å². The van der Waals surface area contributed by atoms with Gasteiger partial charge in [0.15, 0.2) is 0 Å². The largest absolute Gasteiger partial charge is 0.383 e. The fraction of sp³-hybridized carbons (Fsp3) is 0.458. The average molecular weight is 476 g/mol. The quantitative estimate of drug-likeness (QED) is 0.540. The zero-order valence-corrected chi connectivity index (χ0v) is 20.6. The van der Waals surface area contributed by atoms with E-state index in [1.165, 1.54) is 5.01 Å². The van der Waals surface area contributed by atoms with E-state index < -0.39 is 0 Å². The van der Waals surface area contributed by atoms with Crippen LogP contribution in [-0.4, -0.2) is 54.2 Å². The lowest BCUT2D eigenvalue weighted by Gasteiger charge is -2.29. The fourth-order valence-corrected chi connectivity index (χ4v) is 4.60. The molecule has 0 unspecified atom stereocenters. The lowest BCUT2D eigenvalue weighted by atomic mass is 9.91. The molecule has 172 valence electrons. The van der Waals surface area contributed by atoms with Gasteiger partial charge >= 0.3 is 0 Å². The number of hydrogen-bond donors (Lipinski definition) is 0. The third-order valence-electron chi connectivity index (χ3n) is 5.16. The topological polar surface area (TPSA) is 62.2 Å². The number of ether oxygens (including phenoxy) is 1. The van der Waals surface area contributed by atoms with Gasteiger partial charge in [-0.15, -0.1) is 11.3 Å². The van der Waals surface area contributed by atoms with E-state index in [0.717, 1.165) is 16.2 Å². The van der Waals surface area contributed by atoms with Gasteiger partial charge < -0.3 is 9.64 Å². The first-order valence-electron chi connectivity index (χ1n) is 10.6. The number of rotatable bonds is 8. The van der Waals surface area contributed by atoms with Crippen LogP contribution in [0.5, 0.6) is 0 Å². The molecule has 3 rings (SSSR count). The lowest BCUT2D eigenvalue weighted by molar-refractivity contribution is -0.143. The maximum absolute atomic E-state index is 13.4. The highest BCUT2D eigenvalue weighted by atomic mass is 35.5. The maximum Gasteiger partial charge on any atom is 0.262 e. The van der Waals surface area contributed by atoms with Crippen molar-refractivity contribution in [2.45, 2.75) is 39.7 Å². The van der Waals surface area contributed by atoms with Crippen molar-refractivity contribution in [1.29, 1.82) is 0 Å². The van der Waals surface area contributed by atoms with Crippen LogP contribution < -0.4 is 0 Å². The summed E-state index contributed by atoms with van der Waals surface area (Å²) in [6, 6.07) is 11.2. The van der Waals surface area contributed by atoms with Crippen molar-refractivity contribution in [2.75, 3.05) is 26.8 Å². The third-order valence-corrected chi connectivity index (χ3v) is 6.42. The normalized spacial score (nSPS) is 16.2. The summed E-state index contributed by atoms with van der Waals surface area (Å²) in [6.45, 7) is 6.68. The third kappa shape index (κ3) is 6.18. The van der Waals surface area contributed by atoms with E-state index in [0.29, 0.717) is 31.0 Å². The molecule has 1 aromatic heterocycles. The minimum atomic E-state index is -0.310. The molecular weight excluding hydrogens is 446 g/mol. The highest BCUT2D eigenvalue weighted by Crippen LogP contribution is 2.37. The first-order chi connectivity index (χ1) is 15.2. The summed E-state index contributed by atoms with van der Waals surface area (Å²) < 4.78 is 5.17. The smallest absolute Gasteiger partial charge is 0.262 e. The lowest BCUT2D eigenvalue weighted by Crippen LogP contribution is -2.43. The Morgan fingerprint density at radius 1 is 1.25 bits per heavy atom.